The van der Waals surface area contributed by atoms with E-state index in [1.165, 1.54) is 0 Å². The quantitative estimate of drug-likeness (QED) is 0.636. The Hall–Kier alpha value is -2.08. The summed E-state index contributed by atoms with van der Waals surface area (Å²) in [5, 5.41) is 11.5. The summed E-state index contributed by atoms with van der Waals surface area (Å²) in [5.74, 6) is -0.772. The van der Waals surface area contributed by atoms with E-state index in [2.05, 4.69) is 10.2 Å². The normalized spacial score (nSPS) is 14.3. The maximum absolute atomic E-state index is 12.1. The van der Waals surface area contributed by atoms with Gasteiger partial charge in [-0.3, -0.25) is 9.59 Å². The van der Waals surface area contributed by atoms with Crippen LogP contribution >= 0.6 is 0 Å². The Kier molecular flexibility index (Phi) is 8.25. The molecule has 1 aromatic rings. The third-order valence-corrected chi connectivity index (χ3v) is 4.36. The fourth-order valence-corrected chi connectivity index (χ4v) is 2.88. The smallest absolute Gasteiger partial charge is 0.303 e. The van der Waals surface area contributed by atoms with Gasteiger partial charge in [0.1, 0.15) is 0 Å². The molecule has 1 fully saturated rings. The van der Waals surface area contributed by atoms with Crippen LogP contribution in [0.3, 0.4) is 0 Å². The van der Waals surface area contributed by atoms with Crippen molar-refractivity contribution in [1.82, 2.24) is 5.32 Å². The molecular formula is C19H28N2O4. The summed E-state index contributed by atoms with van der Waals surface area (Å²) in [5.41, 5.74) is 1.81. The van der Waals surface area contributed by atoms with Crippen LogP contribution in [0.15, 0.2) is 24.3 Å². The number of carboxylic acid groups (broad SMARTS) is 1. The number of unbranched alkanes of at least 4 members (excludes halogenated alkanes) is 4. The molecule has 6 nitrogen and oxygen atoms in total. The first-order chi connectivity index (χ1) is 12.2. The van der Waals surface area contributed by atoms with Crippen molar-refractivity contribution in [2.24, 2.45) is 0 Å². The first kappa shape index (κ1) is 19.2. The number of anilines is 1. The summed E-state index contributed by atoms with van der Waals surface area (Å²) in [7, 11) is 0. The molecule has 0 atom stereocenters. The number of carboxylic acids is 1. The second-order valence-corrected chi connectivity index (χ2v) is 6.31. The van der Waals surface area contributed by atoms with Crippen molar-refractivity contribution in [2.75, 3.05) is 37.7 Å². The topological polar surface area (TPSA) is 78.9 Å². The van der Waals surface area contributed by atoms with Crippen molar-refractivity contribution < 1.29 is 19.4 Å². The summed E-state index contributed by atoms with van der Waals surface area (Å²) in [6.45, 7) is 3.93. The first-order valence-electron chi connectivity index (χ1n) is 9.09. The van der Waals surface area contributed by atoms with E-state index in [1.54, 1.807) is 0 Å². The average Bonchev–Trinajstić information content (AvgIpc) is 2.64. The molecule has 6 heteroatoms. The van der Waals surface area contributed by atoms with E-state index in [0.717, 1.165) is 64.1 Å². The van der Waals surface area contributed by atoms with Gasteiger partial charge in [-0.2, -0.15) is 0 Å². The number of rotatable bonds is 10. The number of ether oxygens (including phenoxy) is 1. The van der Waals surface area contributed by atoms with Gasteiger partial charge < -0.3 is 20.1 Å². The number of benzene rings is 1. The lowest BCUT2D eigenvalue weighted by molar-refractivity contribution is -0.137. The number of carbonyl (C=O) groups is 2. The molecule has 0 radical (unpaired) electrons. The molecule has 25 heavy (non-hydrogen) atoms. The monoisotopic (exact) mass is 348 g/mol. The third kappa shape index (κ3) is 7.13. The van der Waals surface area contributed by atoms with E-state index in [0.29, 0.717) is 12.1 Å². The molecule has 0 aromatic heterocycles. The van der Waals surface area contributed by atoms with Crippen molar-refractivity contribution in [1.29, 1.82) is 0 Å². The van der Waals surface area contributed by atoms with Crippen LogP contribution in [-0.2, 0) is 9.53 Å². The molecular weight excluding hydrogens is 320 g/mol. The van der Waals surface area contributed by atoms with Crippen LogP contribution in [-0.4, -0.2) is 49.8 Å². The molecule has 1 saturated heterocycles. The van der Waals surface area contributed by atoms with E-state index in [-0.39, 0.29) is 12.3 Å². The molecule has 1 aliphatic heterocycles. The second kappa shape index (κ2) is 10.7. The van der Waals surface area contributed by atoms with Crippen LogP contribution in [0.4, 0.5) is 5.69 Å². The minimum absolute atomic E-state index is 0.0422. The highest BCUT2D eigenvalue weighted by Gasteiger charge is 2.12. The predicted octanol–water partition coefficient (Wildman–Crippen LogP) is 2.68. The van der Waals surface area contributed by atoms with Gasteiger partial charge in [0, 0.05) is 37.3 Å². The Morgan fingerprint density at radius 2 is 1.64 bits per heavy atom. The van der Waals surface area contributed by atoms with Gasteiger partial charge in [-0.1, -0.05) is 19.3 Å². The van der Waals surface area contributed by atoms with Crippen molar-refractivity contribution in [3.05, 3.63) is 29.8 Å². The van der Waals surface area contributed by atoms with Gasteiger partial charge in [-0.25, -0.2) is 0 Å². The van der Waals surface area contributed by atoms with Crippen LogP contribution in [0, 0.1) is 0 Å². The Bertz CT molecular complexity index is 539. The van der Waals surface area contributed by atoms with Gasteiger partial charge in [-0.05, 0) is 37.1 Å². The summed E-state index contributed by atoms with van der Waals surface area (Å²) >= 11 is 0. The zero-order valence-corrected chi connectivity index (χ0v) is 14.7. The minimum Gasteiger partial charge on any atom is -0.481 e. The standard InChI is InChI=1S/C19H28N2O4/c22-18(23)6-4-2-1-3-5-11-20-19(24)16-7-9-17(10-8-16)21-12-14-25-15-13-21/h7-10H,1-6,11-15H2,(H,20,24)(H,22,23). The molecule has 0 unspecified atom stereocenters. The van der Waals surface area contributed by atoms with Gasteiger partial charge in [0.2, 0.25) is 0 Å². The molecule has 0 saturated carbocycles. The number of hydrogen-bond acceptors (Lipinski definition) is 4. The molecule has 0 bridgehead atoms. The van der Waals surface area contributed by atoms with E-state index < -0.39 is 5.97 Å². The van der Waals surface area contributed by atoms with Gasteiger partial charge in [-0.15, -0.1) is 0 Å². The number of morpholine rings is 1. The summed E-state index contributed by atoms with van der Waals surface area (Å²) < 4.78 is 5.35. The fourth-order valence-electron chi connectivity index (χ4n) is 2.88. The van der Waals surface area contributed by atoms with Crippen molar-refractivity contribution in [3.63, 3.8) is 0 Å². The minimum atomic E-state index is -0.730. The summed E-state index contributed by atoms with van der Waals surface area (Å²) in [6, 6.07) is 7.71. The number of aliphatic carboxylic acids is 1. The zero-order chi connectivity index (χ0) is 17.9. The molecule has 1 heterocycles. The van der Waals surface area contributed by atoms with Gasteiger partial charge in [0.25, 0.3) is 5.91 Å². The van der Waals surface area contributed by atoms with E-state index in [1.807, 2.05) is 24.3 Å². The number of hydrogen-bond donors (Lipinski definition) is 2. The first-order valence-corrected chi connectivity index (χ1v) is 9.09. The number of nitrogens with one attached hydrogen (secondary N) is 1. The van der Waals surface area contributed by atoms with Crippen molar-refractivity contribution >= 4 is 17.6 Å². The average molecular weight is 348 g/mol. The molecule has 1 aliphatic rings. The predicted molar refractivity (Wildman–Crippen MR) is 97.1 cm³/mol. The highest BCUT2D eigenvalue weighted by Crippen LogP contribution is 2.16. The maximum atomic E-state index is 12.1. The van der Waals surface area contributed by atoms with Crippen molar-refractivity contribution in [3.8, 4) is 0 Å². The van der Waals surface area contributed by atoms with Gasteiger partial charge in [0.15, 0.2) is 0 Å². The Morgan fingerprint density at radius 3 is 2.32 bits per heavy atom. The third-order valence-electron chi connectivity index (χ3n) is 4.36. The SMILES string of the molecule is O=C(O)CCCCCCCNC(=O)c1ccc(N2CCOCC2)cc1. The van der Waals surface area contributed by atoms with E-state index >= 15 is 0 Å². The summed E-state index contributed by atoms with van der Waals surface area (Å²) in [4.78, 5) is 24.8. The van der Waals surface area contributed by atoms with Crippen LogP contribution in [0.1, 0.15) is 48.9 Å². The number of nitrogens with zero attached hydrogens (tertiary/aromatic N) is 1. The molecule has 2 rings (SSSR count). The number of carbonyl (C=O) groups excluding carboxylic acids is 1. The highest BCUT2D eigenvalue weighted by atomic mass is 16.5. The Morgan fingerprint density at radius 1 is 1.00 bits per heavy atom. The molecule has 138 valence electrons. The van der Waals surface area contributed by atoms with E-state index in [4.69, 9.17) is 9.84 Å². The molecule has 0 aliphatic carbocycles. The number of amides is 1. The molecule has 1 amide bonds. The Balaban J connectivity index is 1.61. The molecule has 1 aromatic carbocycles. The lowest BCUT2D eigenvalue weighted by atomic mass is 10.1. The fraction of sp³-hybridized carbons (Fsp3) is 0.579. The lowest BCUT2D eigenvalue weighted by Gasteiger charge is -2.28. The highest BCUT2D eigenvalue weighted by molar-refractivity contribution is 5.94. The maximum Gasteiger partial charge on any atom is 0.303 e. The van der Waals surface area contributed by atoms with Gasteiger partial charge in [0.05, 0.1) is 13.2 Å². The second-order valence-electron chi connectivity index (χ2n) is 6.31. The lowest BCUT2D eigenvalue weighted by Crippen LogP contribution is -2.36. The Labute approximate surface area is 149 Å². The summed E-state index contributed by atoms with van der Waals surface area (Å²) in [6.07, 6.45) is 4.86. The van der Waals surface area contributed by atoms with Crippen LogP contribution in [0.25, 0.3) is 0 Å². The van der Waals surface area contributed by atoms with Gasteiger partial charge >= 0.3 is 5.97 Å². The van der Waals surface area contributed by atoms with Crippen molar-refractivity contribution in [2.45, 2.75) is 38.5 Å². The van der Waals surface area contributed by atoms with Crippen LogP contribution in [0.5, 0.6) is 0 Å². The largest absolute Gasteiger partial charge is 0.481 e. The van der Waals surface area contributed by atoms with Crippen LogP contribution < -0.4 is 10.2 Å². The van der Waals surface area contributed by atoms with Crippen LogP contribution in [0.2, 0.25) is 0 Å². The molecule has 0 spiro atoms. The zero-order valence-electron chi connectivity index (χ0n) is 14.7. The van der Waals surface area contributed by atoms with E-state index in [9.17, 15) is 9.59 Å². The molecule has 2 N–H and O–H groups in total.